The summed E-state index contributed by atoms with van der Waals surface area (Å²) < 4.78 is 1.64. The average molecular weight is 361 g/mol. The molecule has 1 aliphatic heterocycles. The van der Waals surface area contributed by atoms with Gasteiger partial charge in [0.05, 0.1) is 5.88 Å². The largest absolute Gasteiger partial charge is 0.480 e. The number of amides is 2. The van der Waals surface area contributed by atoms with E-state index in [0.29, 0.717) is 23.7 Å². The first kappa shape index (κ1) is 17.3. The normalized spacial score (nSPS) is 17.0. The summed E-state index contributed by atoms with van der Waals surface area (Å²) in [5, 5.41) is 12.6. The van der Waals surface area contributed by atoms with Crippen LogP contribution in [0.3, 0.4) is 0 Å². The molecule has 0 spiro atoms. The van der Waals surface area contributed by atoms with Crippen molar-refractivity contribution in [2.75, 3.05) is 16.9 Å². The molecule has 2 amide bonds. The van der Waals surface area contributed by atoms with E-state index in [1.807, 2.05) is 6.07 Å². The molecule has 8 heteroatoms. The van der Waals surface area contributed by atoms with Crippen molar-refractivity contribution in [3.8, 4) is 0 Å². The van der Waals surface area contributed by atoms with E-state index in [1.165, 1.54) is 0 Å². The number of fused-ring (bicyclic) bond motifs is 1. The molecular weight excluding hydrogens is 342 g/mol. The van der Waals surface area contributed by atoms with E-state index in [1.54, 1.807) is 52.5 Å². The molecule has 1 saturated heterocycles. The number of carbonyl (C=O) groups is 3. The number of anilines is 1. The van der Waals surface area contributed by atoms with E-state index >= 15 is 0 Å². The first-order valence-corrected chi connectivity index (χ1v) is 9.14. The Hall–Kier alpha value is -2.48. The minimum Gasteiger partial charge on any atom is -0.480 e. The maximum atomic E-state index is 12.5. The van der Waals surface area contributed by atoms with Crippen molar-refractivity contribution in [1.29, 1.82) is 0 Å². The Morgan fingerprint density at radius 2 is 2.12 bits per heavy atom. The van der Waals surface area contributed by atoms with Crippen LogP contribution in [0.25, 0.3) is 10.9 Å². The third-order valence-electron chi connectivity index (χ3n) is 4.15. The summed E-state index contributed by atoms with van der Waals surface area (Å²) in [6.07, 6.45) is 2.09. The number of carboxylic acids is 1. The van der Waals surface area contributed by atoms with E-state index < -0.39 is 12.0 Å². The molecule has 0 bridgehead atoms. The fraction of sp³-hybridized carbons (Fsp3) is 0.353. The smallest absolute Gasteiger partial charge is 0.323 e. The number of aliphatic carboxylic acids is 1. The van der Waals surface area contributed by atoms with Gasteiger partial charge < -0.3 is 19.9 Å². The predicted octanol–water partition coefficient (Wildman–Crippen LogP) is 1.98. The Labute approximate surface area is 149 Å². The number of thioether (sulfide) groups is 1. The molecule has 1 aliphatic rings. The fourth-order valence-corrected chi connectivity index (χ4v) is 4.08. The molecule has 0 aliphatic carbocycles. The molecule has 0 saturated carbocycles. The Morgan fingerprint density at radius 3 is 2.84 bits per heavy atom. The van der Waals surface area contributed by atoms with Crippen molar-refractivity contribution in [3.63, 3.8) is 0 Å². The topological polar surface area (TPSA) is 91.6 Å². The van der Waals surface area contributed by atoms with E-state index in [2.05, 4.69) is 5.32 Å². The Bertz CT molecular complexity index is 832. The lowest BCUT2D eigenvalue weighted by Gasteiger charge is -2.22. The van der Waals surface area contributed by atoms with Crippen LogP contribution < -0.4 is 5.32 Å². The van der Waals surface area contributed by atoms with Crippen molar-refractivity contribution in [1.82, 2.24) is 9.47 Å². The number of nitrogens with zero attached hydrogens (tertiary/aromatic N) is 2. The number of aromatic nitrogens is 1. The maximum Gasteiger partial charge on any atom is 0.323 e. The quantitative estimate of drug-likeness (QED) is 0.850. The van der Waals surface area contributed by atoms with Gasteiger partial charge >= 0.3 is 5.97 Å². The van der Waals surface area contributed by atoms with Crippen LogP contribution in [-0.2, 0) is 20.9 Å². The van der Waals surface area contributed by atoms with Gasteiger partial charge in [-0.05, 0) is 24.3 Å². The van der Waals surface area contributed by atoms with Crippen LogP contribution >= 0.6 is 11.8 Å². The van der Waals surface area contributed by atoms with Gasteiger partial charge in [-0.1, -0.05) is 6.92 Å². The number of carbonyl (C=O) groups excluding carboxylic acids is 2. The first-order valence-electron chi connectivity index (χ1n) is 7.98. The van der Waals surface area contributed by atoms with Crippen LogP contribution in [0.5, 0.6) is 0 Å². The number of benzene rings is 1. The standard InChI is InChI=1S/C17H19N3O4S/c1-2-15(21)20-10-25-9-14(20)17(24)18-12-3-4-13-11(7-12)5-6-19(13)8-16(22)23/h3-7,14H,2,8-10H2,1H3,(H,18,24)(H,22,23). The van der Waals surface area contributed by atoms with Crippen LogP contribution in [-0.4, -0.2) is 50.0 Å². The van der Waals surface area contributed by atoms with E-state index in [0.717, 1.165) is 10.9 Å². The van der Waals surface area contributed by atoms with Gasteiger partial charge in [-0.3, -0.25) is 14.4 Å². The molecule has 2 N–H and O–H groups in total. The zero-order valence-corrected chi connectivity index (χ0v) is 14.6. The van der Waals surface area contributed by atoms with Gasteiger partial charge in [0.1, 0.15) is 12.6 Å². The minimum absolute atomic E-state index is 0.0219. The number of hydrogen-bond donors (Lipinski definition) is 2. The van der Waals surface area contributed by atoms with Gasteiger partial charge in [0.2, 0.25) is 11.8 Å². The molecule has 2 heterocycles. The monoisotopic (exact) mass is 361 g/mol. The second kappa shape index (κ2) is 7.18. The second-order valence-corrected chi connectivity index (χ2v) is 6.83. The molecule has 1 fully saturated rings. The van der Waals surface area contributed by atoms with Gasteiger partial charge in [0, 0.05) is 35.0 Å². The zero-order valence-electron chi connectivity index (χ0n) is 13.8. The zero-order chi connectivity index (χ0) is 18.0. The summed E-state index contributed by atoms with van der Waals surface area (Å²) in [4.78, 5) is 36.9. The second-order valence-electron chi connectivity index (χ2n) is 5.83. The third-order valence-corrected chi connectivity index (χ3v) is 5.16. The van der Waals surface area contributed by atoms with Crippen molar-refractivity contribution < 1.29 is 19.5 Å². The molecule has 1 atom stereocenters. The summed E-state index contributed by atoms with van der Waals surface area (Å²) in [5.41, 5.74) is 1.42. The first-order chi connectivity index (χ1) is 12.0. The highest BCUT2D eigenvalue weighted by Crippen LogP contribution is 2.24. The molecule has 1 aromatic carbocycles. The molecule has 7 nitrogen and oxygen atoms in total. The number of nitrogens with one attached hydrogen (secondary N) is 1. The lowest BCUT2D eigenvalue weighted by atomic mass is 10.2. The Kier molecular flexibility index (Phi) is 4.98. The molecular formula is C17H19N3O4S. The van der Waals surface area contributed by atoms with Crippen LogP contribution in [0.2, 0.25) is 0 Å². The predicted molar refractivity (Wildman–Crippen MR) is 96.5 cm³/mol. The van der Waals surface area contributed by atoms with Crippen LogP contribution in [0.15, 0.2) is 30.5 Å². The molecule has 0 radical (unpaired) electrons. The summed E-state index contributed by atoms with van der Waals surface area (Å²) in [6.45, 7) is 1.68. The van der Waals surface area contributed by atoms with E-state index in [9.17, 15) is 14.4 Å². The van der Waals surface area contributed by atoms with Gasteiger partial charge in [0.25, 0.3) is 0 Å². The summed E-state index contributed by atoms with van der Waals surface area (Å²) in [6, 6.07) is 6.69. The van der Waals surface area contributed by atoms with Crippen molar-refractivity contribution in [3.05, 3.63) is 30.5 Å². The number of carboxylic acid groups (broad SMARTS) is 1. The average Bonchev–Trinajstić information content (AvgIpc) is 3.21. The SMILES string of the molecule is CCC(=O)N1CSCC1C(=O)Nc1ccc2c(ccn2CC(=O)O)c1. The molecule has 1 unspecified atom stereocenters. The minimum atomic E-state index is -0.908. The Morgan fingerprint density at radius 1 is 1.32 bits per heavy atom. The summed E-state index contributed by atoms with van der Waals surface area (Å²) >= 11 is 1.57. The summed E-state index contributed by atoms with van der Waals surface area (Å²) in [7, 11) is 0. The van der Waals surface area contributed by atoms with Crippen LogP contribution in [0, 0.1) is 0 Å². The van der Waals surface area contributed by atoms with Crippen molar-refractivity contribution >= 4 is 46.1 Å². The summed E-state index contributed by atoms with van der Waals surface area (Å²) in [5.74, 6) is 0.00756. The van der Waals surface area contributed by atoms with Crippen LogP contribution in [0.1, 0.15) is 13.3 Å². The molecule has 3 rings (SSSR count). The van der Waals surface area contributed by atoms with E-state index in [-0.39, 0.29) is 18.4 Å². The molecule has 2 aromatic rings. The number of hydrogen-bond acceptors (Lipinski definition) is 4. The highest BCUT2D eigenvalue weighted by atomic mass is 32.2. The van der Waals surface area contributed by atoms with Gasteiger partial charge in [-0.2, -0.15) is 0 Å². The lowest BCUT2D eigenvalue weighted by Crippen LogP contribution is -2.44. The highest BCUT2D eigenvalue weighted by Gasteiger charge is 2.33. The number of rotatable bonds is 5. The van der Waals surface area contributed by atoms with Gasteiger partial charge in [-0.15, -0.1) is 11.8 Å². The van der Waals surface area contributed by atoms with E-state index in [4.69, 9.17) is 5.11 Å². The highest BCUT2D eigenvalue weighted by molar-refractivity contribution is 7.99. The fourth-order valence-electron chi connectivity index (χ4n) is 2.90. The van der Waals surface area contributed by atoms with Gasteiger partial charge in [-0.25, -0.2) is 0 Å². The molecule has 25 heavy (non-hydrogen) atoms. The Balaban J connectivity index is 1.75. The lowest BCUT2D eigenvalue weighted by molar-refractivity contribution is -0.137. The van der Waals surface area contributed by atoms with Gasteiger partial charge in [0.15, 0.2) is 0 Å². The van der Waals surface area contributed by atoms with Crippen molar-refractivity contribution in [2.24, 2.45) is 0 Å². The van der Waals surface area contributed by atoms with Crippen LogP contribution in [0.4, 0.5) is 5.69 Å². The maximum absolute atomic E-state index is 12.5. The van der Waals surface area contributed by atoms with Crippen molar-refractivity contribution in [2.45, 2.75) is 25.9 Å². The molecule has 1 aromatic heterocycles. The third kappa shape index (κ3) is 3.63. The molecule has 132 valence electrons.